The average Bonchev–Trinajstić information content (AvgIpc) is 2.43. The Morgan fingerprint density at radius 3 is 1.59 bits per heavy atom. The number of amides is 1. The fraction of sp³-hybridized carbons (Fsp3) is 0.800. The minimum absolute atomic E-state index is 0.229. The third-order valence-electron chi connectivity index (χ3n) is 2.72. The van der Waals surface area contributed by atoms with Gasteiger partial charge in [0.2, 0.25) is 0 Å². The molecule has 0 aromatic carbocycles. The first kappa shape index (κ1) is 20.2. The van der Waals surface area contributed by atoms with E-state index in [1.54, 1.807) is 20.8 Å². The highest BCUT2D eigenvalue weighted by molar-refractivity contribution is 5.70. The van der Waals surface area contributed by atoms with Crippen LogP contribution < -0.4 is 0 Å². The second kappa shape index (κ2) is 10.0. The molecule has 0 saturated heterocycles. The van der Waals surface area contributed by atoms with E-state index >= 15 is 0 Å². The highest BCUT2D eigenvalue weighted by atomic mass is 16.6. The first-order valence-electron chi connectivity index (χ1n) is 7.31. The molecule has 128 valence electrons. The lowest BCUT2D eigenvalue weighted by atomic mass is 10.2. The van der Waals surface area contributed by atoms with Crippen molar-refractivity contribution in [1.29, 1.82) is 0 Å². The van der Waals surface area contributed by atoms with Crippen LogP contribution >= 0.6 is 0 Å². The summed E-state index contributed by atoms with van der Waals surface area (Å²) in [5.74, 6) is -0.641. The Labute approximate surface area is 131 Å². The van der Waals surface area contributed by atoms with E-state index in [2.05, 4.69) is 9.47 Å². The first-order valence-corrected chi connectivity index (χ1v) is 7.31. The van der Waals surface area contributed by atoms with E-state index in [4.69, 9.17) is 4.74 Å². The molecule has 0 aromatic heterocycles. The first-order chi connectivity index (χ1) is 10.2. The van der Waals surface area contributed by atoms with Crippen LogP contribution in [0.2, 0.25) is 0 Å². The van der Waals surface area contributed by atoms with Crippen LogP contribution in [0.15, 0.2) is 0 Å². The number of carbonyl (C=O) groups is 3. The molecule has 0 saturated carbocycles. The molecule has 0 bridgehead atoms. The molecular weight excluding hydrogens is 290 g/mol. The molecule has 0 aliphatic rings. The fourth-order valence-electron chi connectivity index (χ4n) is 1.65. The van der Waals surface area contributed by atoms with Gasteiger partial charge in [-0.2, -0.15) is 0 Å². The smallest absolute Gasteiger partial charge is 0.410 e. The fourth-order valence-corrected chi connectivity index (χ4v) is 1.65. The molecule has 0 rings (SSSR count). The summed E-state index contributed by atoms with van der Waals surface area (Å²) >= 11 is 0. The molecule has 0 heterocycles. The number of ether oxygens (including phenoxy) is 3. The standard InChI is InChI=1S/C15H27NO6/c1-15(2,3)22-14(19)16(10-6-8-12(17)20-4)11-7-9-13(18)21-5/h6-11H2,1-5H3. The van der Waals surface area contributed by atoms with Gasteiger partial charge in [-0.15, -0.1) is 0 Å². The van der Waals surface area contributed by atoms with Crippen LogP contribution in [0.5, 0.6) is 0 Å². The van der Waals surface area contributed by atoms with Gasteiger partial charge in [0.25, 0.3) is 0 Å². The summed E-state index contributed by atoms with van der Waals surface area (Å²) < 4.78 is 14.5. The Balaban J connectivity index is 4.45. The minimum atomic E-state index is -0.597. The zero-order chi connectivity index (χ0) is 17.2. The van der Waals surface area contributed by atoms with Gasteiger partial charge in [-0.25, -0.2) is 4.79 Å². The van der Waals surface area contributed by atoms with Crippen molar-refractivity contribution < 1.29 is 28.6 Å². The lowest BCUT2D eigenvalue weighted by molar-refractivity contribution is -0.141. The van der Waals surface area contributed by atoms with E-state index in [1.807, 2.05) is 0 Å². The maximum absolute atomic E-state index is 12.1. The van der Waals surface area contributed by atoms with E-state index in [1.165, 1.54) is 19.1 Å². The van der Waals surface area contributed by atoms with Crippen molar-refractivity contribution in [2.45, 2.75) is 52.1 Å². The van der Waals surface area contributed by atoms with Crippen molar-refractivity contribution >= 4 is 18.0 Å². The molecule has 0 aromatic rings. The Hall–Kier alpha value is -1.79. The van der Waals surface area contributed by atoms with Crippen LogP contribution in [-0.2, 0) is 23.8 Å². The van der Waals surface area contributed by atoms with Crippen molar-refractivity contribution in [3.63, 3.8) is 0 Å². The second-order valence-corrected chi connectivity index (χ2v) is 5.83. The average molecular weight is 317 g/mol. The van der Waals surface area contributed by atoms with E-state index in [0.717, 1.165) is 0 Å². The number of hydrogen-bond donors (Lipinski definition) is 0. The van der Waals surface area contributed by atoms with Crippen LogP contribution in [-0.4, -0.2) is 55.8 Å². The predicted molar refractivity (Wildman–Crippen MR) is 80.3 cm³/mol. The largest absolute Gasteiger partial charge is 0.469 e. The van der Waals surface area contributed by atoms with Crippen molar-refractivity contribution in [2.24, 2.45) is 0 Å². The molecule has 0 atom stereocenters. The molecule has 0 aliphatic carbocycles. The molecule has 7 heteroatoms. The van der Waals surface area contributed by atoms with Crippen LogP contribution in [0.3, 0.4) is 0 Å². The predicted octanol–water partition coefficient (Wildman–Crippen LogP) is 2.13. The minimum Gasteiger partial charge on any atom is -0.469 e. The molecule has 7 nitrogen and oxygen atoms in total. The molecule has 0 radical (unpaired) electrons. The Morgan fingerprint density at radius 2 is 1.27 bits per heavy atom. The number of esters is 2. The van der Waals surface area contributed by atoms with Gasteiger partial charge in [-0.05, 0) is 33.6 Å². The molecule has 0 spiro atoms. The topological polar surface area (TPSA) is 82.1 Å². The van der Waals surface area contributed by atoms with E-state index in [0.29, 0.717) is 25.9 Å². The molecule has 0 unspecified atom stereocenters. The molecule has 0 aliphatic heterocycles. The molecule has 0 fully saturated rings. The lowest BCUT2D eigenvalue weighted by Crippen LogP contribution is -2.38. The monoisotopic (exact) mass is 317 g/mol. The highest BCUT2D eigenvalue weighted by Gasteiger charge is 2.22. The zero-order valence-electron chi connectivity index (χ0n) is 14.1. The number of methoxy groups -OCH3 is 2. The third-order valence-corrected chi connectivity index (χ3v) is 2.72. The summed E-state index contributed by atoms with van der Waals surface area (Å²) in [7, 11) is 2.65. The van der Waals surface area contributed by atoms with Gasteiger partial charge in [-0.1, -0.05) is 0 Å². The van der Waals surface area contributed by atoms with Crippen LogP contribution in [0, 0.1) is 0 Å². The summed E-state index contributed by atoms with van der Waals surface area (Å²) in [6.45, 7) is 6.08. The maximum Gasteiger partial charge on any atom is 0.410 e. The normalized spacial score (nSPS) is 10.8. The van der Waals surface area contributed by atoms with E-state index in [9.17, 15) is 14.4 Å². The maximum atomic E-state index is 12.1. The van der Waals surface area contributed by atoms with Crippen LogP contribution in [0.25, 0.3) is 0 Å². The van der Waals surface area contributed by atoms with E-state index in [-0.39, 0.29) is 24.8 Å². The van der Waals surface area contributed by atoms with Gasteiger partial charge in [0.1, 0.15) is 5.60 Å². The summed E-state index contributed by atoms with van der Waals surface area (Å²) in [4.78, 5) is 35.8. The number of carbonyl (C=O) groups excluding carboxylic acids is 3. The number of rotatable bonds is 8. The van der Waals surface area contributed by atoms with Crippen LogP contribution in [0.4, 0.5) is 4.79 Å². The Morgan fingerprint density at radius 1 is 0.864 bits per heavy atom. The quantitative estimate of drug-likeness (QED) is 0.504. The number of hydrogen-bond acceptors (Lipinski definition) is 6. The van der Waals surface area contributed by atoms with Gasteiger partial charge in [0.15, 0.2) is 0 Å². The van der Waals surface area contributed by atoms with Gasteiger partial charge in [0, 0.05) is 25.9 Å². The lowest BCUT2D eigenvalue weighted by Gasteiger charge is -2.27. The van der Waals surface area contributed by atoms with Crippen molar-refractivity contribution in [3.8, 4) is 0 Å². The molecule has 0 N–H and O–H groups in total. The summed E-state index contributed by atoms with van der Waals surface area (Å²) in [6, 6.07) is 0. The summed E-state index contributed by atoms with van der Waals surface area (Å²) in [5, 5.41) is 0. The number of nitrogens with zero attached hydrogens (tertiary/aromatic N) is 1. The Kier molecular flexibility index (Phi) is 9.21. The van der Waals surface area contributed by atoms with Gasteiger partial charge in [0.05, 0.1) is 14.2 Å². The third kappa shape index (κ3) is 10.0. The van der Waals surface area contributed by atoms with Gasteiger partial charge in [-0.3, -0.25) is 9.59 Å². The zero-order valence-corrected chi connectivity index (χ0v) is 14.1. The Bertz CT molecular complexity index is 353. The van der Waals surface area contributed by atoms with Crippen molar-refractivity contribution in [2.75, 3.05) is 27.3 Å². The molecule has 22 heavy (non-hydrogen) atoms. The SMILES string of the molecule is COC(=O)CCCN(CCCC(=O)OC)C(=O)OC(C)(C)C. The van der Waals surface area contributed by atoms with Crippen molar-refractivity contribution in [1.82, 2.24) is 4.90 Å². The highest BCUT2D eigenvalue weighted by Crippen LogP contribution is 2.11. The summed E-state index contributed by atoms with van der Waals surface area (Å²) in [6.07, 6.45) is 0.954. The molecular formula is C15H27NO6. The van der Waals surface area contributed by atoms with E-state index < -0.39 is 11.7 Å². The molecule has 1 amide bonds. The van der Waals surface area contributed by atoms with Gasteiger partial charge < -0.3 is 19.1 Å². The van der Waals surface area contributed by atoms with Crippen molar-refractivity contribution in [3.05, 3.63) is 0 Å². The van der Waals surface area contributed by atoms with Gasteiger partial charge >= 0.3 is 18.0 Å². The second-order valence-electron chi connectivity index (χ2n) is 5.83. The van der Waals surface area contributed by atoms with Crippen LogP contribution in [0.1, 0.15) is 46.5 Å². The summed E-state index contributed by atoms with van der Waals surface area (Å²) in [5.41, 5.74) is -0.597.